The summed E-state index contributed by atoms with van der Waals surface area (Å²) in [5.74, 6) is -0.265. The van der Waals surface area contributed by atoms with E-state index < -0.39 is 0 Å². The van der Waals surface area contributed by atoms with E-state index in [1.54, 1.807) is 12.3 Å². The molecule has 4 heteroatoms. The van der Waals surface area contributed by atoms with Gasteiger partial charge in [0.25, 0.3) is 0 Å². The molecule has 0 aliphatic heterocycles. The minimum atomic E-state index is -0.265. The summed E-state index contributed by atoms with van der Waals surface area (Å²) < 4.78 is 13.3. The van der Waals surface area contributed by atoms with E-state index in [4.69, 9.17) is 0 Å². The van der Waals surface area contributed by atoms with Crippen LogP contribution in [-0.4, -0.2) is 10.2 Å². The molecule has 0 aliphatic rings. The SMILES string of the molecule is Fc1ccc2[nH]ncc2c1Br. The van der Waals surface area contributed by atoms with Crippen molar-refractivity contribution in [3.8, 4) is 0 Å². The molecule has 0 atom stereocenters. The number of H-pyrrole nitrogens is 1. The van der Waals surface area contributed by atoms with Gasteiger partial charge in [-0.25, -0.2) is 4.39 Å². The van der Waals surface area contributed by atoms with E-state index in [2.05, 4.69) is 26.1 Å². The summed E-state index contributed by atoms with van der Waals surface area (Å²) in [6.45, 7) is 0. The maximum atomic E-state index is 12.8. The normalized spacial score (nSPS) is 10.7. The van der Waals surface area contributed by atoms with Crippen LogP contribution in [0.5, 0.6) is 0 Å². The lowest BCUT2D eigenvalue weighted by atomic mass is 10.2. The third-order valence-corrected chi connectivity index (χ3v) is 2.32. The van der Waals surface area contributed by atoms with Gasteiger partial charge in [0.15, 0.2) is 0 Å². The Bertz CT molecular complexity index is 396. The molecule has 0 amide bonds. The number of nitrogens with one attached hydrogen (secondary N) is 1. The van der Waals surface area contributed by atoms with Crippen LogP contribution in [0, 0.1) is 5.82 Å². The van der Waals surface area contributed by atoms with Crippen LogP contribution in [0.25, 0.3) is 10.9 Å². The Morgan fingerprint density at radius 1 is 1.45 bits per heavy atom. The monoisotopic (exact) mass is 214 g/mol. The summed E-state index contributed by atoms with van der Waals surface area (Å²) in [7, 11) is 0. The lowest BCUT2D eigenvalue weighted by Crippen LogP contribution is -1.76. The predicted octanol–water partition coefficient (Wildman–Crippen LogP) is 2.46. The summed E-state index contributed by atoms with van der Waals surface area (Å²) >= 11 is 3.12. The number of benzene rings is 1. The van der Waals surface area contributed by atoms with Crippen LogP contribution in [-0.2, 0) is 0 Å². The zero-order valence-electron chi connectivity index (χ0n) is 5.44. The van der Waals surface area contributed by atoms with Gasteiger partial charge in [-0.2, -0.15) is 5.10 Å². The molecule has 0 saturated heterocycles. The molecule has 0 spiro atoms. The van der Waals surface area contributed by atoms with Crippen molar-refractivity contribution in [3.63, 3.8) is 0 Å². The molecule has 2 aromatic rings. The first-order valence-corrected chi connectivity index (χ1v) is 3.85. The standard InChI is InChI=1S/C7H4BrFN2/c8-7-4-3-10-11-6(4)2-1-5(7)9/h1-3H,(H,10,11). The highest BCUT2D eigenvalue weighted by molar-refractivity contribution is 9.10. The number of aromatic amines is 1. The van der Waals surface area contributed by atoms with Crippen LogP contribution < -0.4 is 0 Å². The molecule has 0 radical (unpaired) electrons. The molecular weight excluding hydrogens is 211 g/mol. The summed E-state index contributed by atoms with van der Waals surface area (Å²) in [6.07, 6.45) is 1.59. The maximum Gasteiger partial charge on any atom is 0.138 e. The van der Waals surface area contributed by atoms with Crippen LogP contribution >= 0.6 is 15.9 Å². The van der Waals surface area contributed by atoms with Gasteiger partial charge in [0, 0.05) is 5.39 Å². The molecule has 0 saturated carbocycles. The predicted molar refractivity (Wildman–Crippen MR) is 43.8 cm³/mol. The minimum absolute atomic E-state index is 0.265. The van der Waals surface area contributed by atoms with E-state index in [0.29, 0.717) is 4.47 Å². The van der Waals surface area contributed by atoms with Crippen LogP contribution in [0.1, 0.15) is 0 Å². The maximum absolute atomic E-state index is 12.8. The van der Waals surface area contributed by atoms with Gasteiger partial charge in [0.05, 0.1) is 16.2 Å². The fourth-order valence-corrected chi connectivity index (χ4v) is 1.40. The Labute approximate surface area is 70.5 Å². The fourth-order valence-electron chi connectivity index (χ4n) is 0.956. The van der Waals surface area contributed by atoms with Crippen molar-refractivity contribution in [2.24, 2.45) is 0 Å². The van der Waals surface area contributed by atoms with E-state index >= 15 is 0 Å². The van der Waals surface area contributed by atoms with Crippen LogP contribution in [0.3, 0.4) is 0 Å². The summed E-state index contributed by atoms with van der Waals surface area (Å²) in [5.41, 5.74) is 0.832. The summed E-state index contributed by atoms with van der Waals surface area (Å²) in [5, 5.41) is 7.29. The van der Waals surface area contributed by atoms with Gasteiger partial charge < -0.3 is 0 Å². The average Bonchev–Trinajstić information content (AvgIpc) is 2.45. The summed E-state index contributed by atoms with van der Waals surface area (Å²) in [6, 6.07) is 3.05. The lowest BCUT2D eigenvalue weighted by Gasteiger charge is -1.93. The Kier molecular flexibility index (Phi) is 1.42. The number of fused-ring (bicyclic) bond motifs is 1. The van der Waals surface area contributed by atoms with Gasteiger partial charge in [0.1, 0.15) is 5.82 Å². The molecule has 0 aliphatic carbocycles. The average molecular weight is 215 g/mol. The number of rotatable bonds is 0. The number of aromatic nitrogens is 2. The van der Waals surface area contributed by atoms with E-state index in [1.807, 2.05) is 0 Å². The molecule has 2 nitrogen and oxygen atoms in total. The van der Waals surface area contributed by atoms with Gasteiger partial charge in [-0.15, -0.1) is 0 Å². The highest BCUT2D eigenvalue weighted by Crippen LogP contribution is 2.24. The van der Waals surface area contributed by atoms with E-state index in [9.17, 15) is 4.39 Å². The zero-order valence-corrected chi connectivity index (χ0v) is 7.02. The molecule has 0 bridgehead atoms. The number of nitrogens with zero attached hydrogens (tertiary/aromatic N) is 1. The first kappa shape index (κ1) is 6.79. The highest BCUT2D eigenvalue weighted by Gasteiger charge is 2.04. The van der Waals surface area contributed by atoms with Crippen LogP contribution in [0.15, 0.2) is 22.8 Å². The zero-order chi connectivity index (χ0) is 7.84. The Morgan fingerprint density at radius 3 is 3.09 bits per heavy atom. The number of hydrogen-bond acceptors (Lipinski definition) is 1. The molecule has 0 fully saturated rings. The Morgan fingerprint density at radius 2 is 2.27 bits per heavy atom. The molecule has 1 aromatic carbocycles. The quantitative estimate of drug-likeness (QED) is 0.718. The highest BCUT2D eigenvalue weighted by atomic mass is 79.9. The second-order valence-corrected chi connectivity index (χ2v) is 2.99. The van der Waals surface area contributed by atoms with Gasteiger partial charge in [-0.3, -0.25) is 5.10 Å². The third kappa shape index (κ3) is 0.939. The Hall–Kier alpha value is -0.900. The number of hydrogen-bond donors (Lipinski definition) is 1. The molecular formula is C7H4BrFN2. The van der Waals surface area contributed by atoms with Gasteiger partial charge in [0.2, 0.25) is 0 Å². The largest absolute Gasteiger partial charge is 0.278 e. The van der Waals surface area contributed by atoms with Crippen LogP contribution in [0.4, 0.5) is 4.39 Å². The summed E-state index contributed by atoms with van der Waals surface area (Å²) in [4.78, 5) is 0. The van der Waals surface area contributed by atoms with Crippen molar-refractivity contribution in [1.29, 1.82) is 0 Å². The molecule has 1 heterocycles. The van der Waals surface area contributed by atoms with Crippen molar-refractivity contribution in [2.75, 3.05) is 0 Å². The van der Waals surface area contributed by atoms with Crippen molar-refractivity contribution < 1.29 is 4.39 Å². The number of halogens is 2. The van der Waals surface area contributed by atoms with E-state index in [-0.39, 0.29) is 5.82 Å². The molecule has 11 heavy (non-hydrogen) atoms. The minimum Gasteiger partial charge on any atom is -0.278 e. The second kappa shape index (κ2) is 2.30. The first-order chi connectivity index (χ1) is 5.29. The molecule has 56 valence electrons. The molecule has 1 N–H and O–H groups in total. The molecule has 1 aromatic heterocycles. The third-order valence-electron chi connectivity index (χ3n) is 1.51. The fraction of sp³-hybridized carbons (Fsp3) is 0. The van der Waals surface area contributed by atoms with Gasteiger partial charge in [-0.1, -0.05) is 0 Å². The molecule has 0 unspecified atom stereocenters. The smallest absolute Gasteiger partial charge is 0.138 e. The van der Waals surface area contributed by atoms with Crippen molar-refractivity contribution >= 4 is 26.8 Å². The lowest BCUT2D eigenvalue weighted by molar-refractivity contribution is 0.623. The van der Waals surface area contributed by atoms with E-state index in [0.717, 1.165) is 10.9 Å². The second-order valence-electron chi connectivity index (χ2n) is 2.19. The van der Waals surface area contributed by atoms with Crippen molar-refractivity contribution in [1.82, 2.24) is 10.2 Å². The van der Waals surface area contributed by atoms with Crippen molar-refractivity contribution in [3.05, 3.63) is 28.6 Å². The Balaban J connectivity index is 2.93. The van der Waals surface area contributed by atoms with Gasteiger partial charge >= 0.3 is 0 Å². The van der Waals surface area contributed by atoms with Gasteiger partial charge in [-0.05, 0) is 28.1 Å². The molecule has 2 rings (SSSR count). The topological polar surface area (TPSA) is 28.7 Å². The van der Waals surface area contributed by atoms with Crippen LogP contribution in [0.2, 0.25) is 0 Å². The van der Waals surface area contributed by atoms with Crippen molar-refractivity contribution in [2.45, 2.75) is 0 Å². The first-order valence-electron chi connectivity index (χ1n) is 3.06. The van der Waals surface area contributed by atoms with E-state index in [1.165, 1.54) is 6.07 Å².